The molecule has 0 aliphatic carbocycles. The van der Waals surface area contributed by atoms with Gasteiger partial charge in [-0.05, 0) is 12.1 Å². The zero-order chi connectivity index (χ0) is 12.7. The smallest absolute Gasteiger partial charge is 0.254 e. The summed E-state index contributed by atoms with van der Waals surface area (Å²) in [5, 5.41) is 3.43. The van der Waals surface area contributed by atoms with Gasteiger partial charge in [0.05, 0.1) is 10.7 Å². The van der Waals surface area contributed by atoms with Crippen molar-refractivity contribution in [2.45, 2.75) is 13.0 Å². The normalized spacial score (nSPS) is 18.2. The highest BCUT2D eigenvalue weighted by atomic mass is 35.5. The molecule has 0 fully saturated rings. The van der Waals surface area contributed by atoms with Crippen LogP contribution in [-0.2, 0) is 9.59 Å². The van der Waals surface area contributed by atoms with Crippen LogP contribution in [0.1, 0.15) is 18.5 Å². The molecule has 6 heteroatoms. The predicted octanol–water partition coefficient (Wildman–Crippen LogP) is 2.15. The van der Waals surface area contributed by atoms with Gasteiger partial charge in [0.1, 0.15) is 6.04 Å². The van der Waals surface area contributed by atoms with Gasteiger partial charge in [0.25, 0.3) is 5.91 Å². The minimum Gasteiger partial charge on any atom is -0.341 e. The molecule has 0 saturated heterocycles. The standard InChI is InChI=1S/C11H10Cl2N2O2/c1-5(16)14-9-8-6(12)3-4-7(13)10(8)15(2)11(9)17/h3-4,9H,1-2H3,(H,14,16)/t9-/m1/s1. The molecule has 1 heterocycles. The number of benzene rings is 1. The van der Waals surface area contributed by atoms with Crippen molar-refractivity contribution in [3.05, 3.63) is 27.7 Å². The number of amides is 2. The molecule has 4 nitrogen and oxygen atoms in total. The Morgan fingerprint density at radius 2 is 1.94 bits per heavy atom. The van der Waals surface area contributed by atoms with E-state index in [2.05, 4.69) is 5.32 Å². The first-order chi connectivity index (χ1) is 7.93. The maximum absolute atomic E-state index is 12.0. The van der Waals surface area contributed by atoms with Crippen molar-refractivity contribution in [3.8, 4) is 0 Å². The molecule has 1 aromatic rings. The molecule has 1 N–H and O–H groups in total. The van der Waals surface area contributed by atoms with Crippen molar-refractivity contribution in [3.63, 3.8) is 0 Å². The Hall–Kier alpha value is -1.26. The van der Waals surface area contributed by atoms with Crippen molar-refractivity contribution in [2.75, 3.05) is 11.9 Å². The summed E-state index contributed by atoms with van der Waals surface area (Å²) in [5.41, 5.74) is 1.12. The highest BCUT2D eigenvalue weighted by Crippen LogP contribution is 2.43. The Morgan fingerprint density at radius 3 is 2.53 bits per heavy atom. The van der Waals surface area contributed by atoms with Crippen LogP contribution in [0.3, 0.4) is 0 Å². The van der Waals surface area contributed by atoms with Crippen molar-refractivity contribution in [1.82, 2.24) is 5.32 Å². The van der Waals surface area contributed by atoms with Crippen LogP contribution in [0, 0.1) is 0 Å². The Labute approximate surface area is 108 Å². The maximum Gasteiger partial charge on any atom is 0.254 e. The van der Waals surface area contributed by atoms with E-state index in [0.717, 1.165) is 0 Å². The van der Waals surface area contributed by atoms with E-state index in [1.54, 1.807) is 19.2 Å². The summed E-state index contributed by atoms with van der Waals surface area (Å²) < 4.78 is 0. The van der Waals surface area contributed by atoms with Gasteiger partial charge in [-0.25, -0.2) is 0 Å². The lowest BCUT2D eigenvalue weighted by atomic mass is 10.1. The number of rotatable bonds is 1. The number of hydrogen-bond acceptors (Lipinski definition) is 2. The zero-order valence-electron chi connectivity index (χ0n) is 9.25. The van der Waals surface area contributed by atoms with E-state index < -0.39 is 6.04 Å². The summed E-state index contributed by atoms with van der Waals surface area (Å²) in [6.07, 6.45) is 0. The van der Waals surface area contributed by atoms with E-state index in [1.165, 1.54) is 11.8 Å². The lowest BCUT2D eigenvalue weighted by Gasteiger charge is -2.11. The van der Waals surface area contributed by atoms with E-state index >= 15 is 0 Å². The third kappa shape index (κ3) is 1.87. The molecule has 1 aliphatic heterocycles. The van der Waals surface area contributed by atoms with Crippen LogP contribution in [0.2, 0.25) is 10.0 Å². The fraction of sp³-hybridized carbons (Fsp3) is 0.273. The highest BCUT2D eigenvalue weighted by Gasteiger charge is 2.38. The van der Waals surface area contributed by atoms with Crippen LogP contribution in [-0.4, -0.2) is 18.9 Å². The molecule has 17 heavy (non-hydrogen) atoms. The number of carbonyl (C=O) groups is 2. The topological polar surface area (TPSA) is 49.4 Å². The molecular formula is C11H10Cl2N2O2. The quantitative estimate of drug-likeness (QED) is 0.852. The Morgan fingerprint density at radius 1 is 1.35 bits per heavy atom. The number of anilines is 1. The summed E-state index contributed by atoms with van der Waals surface area (Å²) in [5.74, 6) is -0.536. The molecule has 0 spiro atoms. The zero-order valence-corrected chi connectivity index (χ0v) is 10.8. The van der Waals surface area contributed by atoms with Crippen LogP contribution in [0.5, 0.6) is 0 Å². The van der Waals surface area contributed by atoms with Gasteiger partial charge < -0.3 is 10.2 Å². The van der Waals surface area contributed by atoms with Gasteiger partial charge in [0.2, 0.25) is 5.91 Å². The van der Waals surface area contributed by atoms with Gasteiger partial charge in [-0.1, -0.05) is 23.2 Å². The Balaban J connectivity index is 2.59. The SMILES string of the molecule is CC(=O)N[C@H]1C(=O)N(C)c2c(Cl)ccc(Cl)c21. The molecule has 0 radical (unpaired) electrons. The fourth-order valence-electron chi connectivity index (χ4n) is 1.94. The highest BCUT2D eigenvalue weighted by molar-refractivity contribution is 6.38. The lowest BCUT2D eigenvalue weighted by Crippen LogP contribution is -2.34. The Bertz CT molecular complexity index is 516. The van der Waals surface area contributed by atoms with Gasteiger partial charge in [-0.3, -0.25) is 9.59 Å². The number of carbonyl (C=O) groups excluding carboxylic acids is 2. The monoisotopic (exact) mass is 272 g/mol. The number of nitrogens with one attached hydrogen (secondary N) is 1. The van der Waals surface area contributed by atoms with Crippen molar-refractivity contribution < 1.29 is 9.59 Å². The van der Waals surface area contributed by atoms with E-state index in [9.17, 15) is 9.59 Å². The molecule has 1 aromatic carbocycles. The molecule has 0 bridgehead atoms. The number of fused-ring (bicyclic) bond motifs is 1. The van der Waals surface area contributed by atoms with Gasteiger partial charge in [-0.15, -0.1) is 0 Å². The predicted molar refractivity (Wildman–Crippen MR) is 66.4 cm³/mol. The molecule has 2 amide bonds. The van der Waals surface area contributed by atoms with E-state index in [-0.39, 0.29) is 11.8 Å². The second kappa shape index (κ2) is 4.20. The van der Waals surface area contributed by atoms with Crippen LogP contribution < -0.4 is 10.2 Å². The summed E-state index contributed by atoms with van der Waals surface area (Å²) >= 11 is 12.1. The molecule has 90 valence electrons. The largest absolute Gasteiger partial charge is 0.341 e. The average molecular weight is 273 g/mol. The van der Waals surface area contributed by atoms with Crippen molar-refractivity contribution >= 4 is 40.7 Å². The van der Waals surface area contributed by atoms with Crippen LogP contribution in [0.15, 0.2) is 12.1 Å². The van der Waals surface area contributed by atoms with Crippen molar-refractivity contribution in [1.29, 1.82) is 0 Å². The first-order valence-electron chi connectivity index (χ1n) is 4.96. The van der Waals surface area contributed by atoms with E-state index in [4.69, 9.17) is 23.2 Å². The molecule has 0 aromatic heterocycles. The van der Waals surface area contributed by atoms with Crippen LogP contribution in [0.25, 0.3) is 0 Å². The summed E-state index contributed by atoms with van der Waals surface area (Å²) in [6.45, 7) is 1.35. The van der Waals surface area contributed by atoms with E-state index in [1.807, 2.05) is 0 Å². The minimum atomic E-state index is -0.751. The van der Waals surface area contributed by atoms with Gasteiger partial charge in [-0.2, -0.15) is 0 Å². The third-order valence-corrected chi connectivity index (χ3v) is 3.30. The second-order valence-corrected chi connectivity index (χ2v) is 4.64. The van der Waals surface area contributed by atoms with Gasteiger partial charge in [0.15, 0.2) is 0 Å². The number of hydrogen-bond donors (Lipinski definition) is 1. The lowest BCUT2D eigenvalue weighted by molar-refractivity contribution is -0.125. The molecule has 1 aliphatic rings. The first kappa shape index (κ1) is 12.2. The second-order valence-electron chi connectivity index (χ2n) is 3.82. The molecule has 2 rings (SSSR count). The summed E-state index contributed by atoms with van der Waals surface area (Å²) in [4.78, 5) is 24.5. The van der Waals surface area contributed by atoms with E-state index in [0.29, 0.717) is 21.3 Å². The molecule has 0 saturated carbocycles. The number of halogens is 2. The summed E-state index contributed by atoms with van der Waals surface area (Å²) in [6, 6.07) is 2.49. The fourth-order valence-corrected chi connectivity index (χ4v) is 2.49. The maximum atomic E-state index is 12.0. The third-order valence-electron chi connectivity index (χ3n) is 2.66. The Kier molecular flexibility index (Phi) is 3.02. The van der Waals surface area contributed by atoms with Gasteiger partial charge >= 0.3 is 0 Å². The van der Waals surface area contributed by atoms with Crippen molar-refractivity contribution in [2.24, 2.45) is 0 Å². The van der Waals surface area contributed by atoms with Crippen LogP contribution >= 0.6 is 23.2 Å². The van der Waals surface area contributed by atoms with Crippen LogP contribution in [0.4, 0.5) is 5.69 Å². The number of nitrogens with zero attached hydrogens (tertiary/aromatic N) is 1. The minimum absolute atomic E-state index is 0.245. The molecule has 1 atom stereocenters. The first-order valence-corrected chi connectivity index (χ1v) is 5.71. The molecule has 0 unspecified atom stereocenters. The summed E-state index contributed by atoms with van der Waals surface area (Å²) in [7, 11) is 1.60. The average Bonchev–Trinajstić information content (AvgIpc) is 2.49. The number of likely N-dealkylation sites (N-methyl/N-ethyl adjacent to an activating group) is 1. The van der Waals surface area contributed by atoms with Gasteiger partial charge in [0, 0.05) is 24.6 Å². The molecular weight excluding hydrogens is 263 g/mol.